The highest BCUT2D eigenvalue weighted by atomic mass is 32.1. The summed E-state index contributed by atoms with van der Waals surface area (Å²) in [6.45, 7) is 7.97. The Balaban J connectivity index is 1.66. The smallest absolute Gasteiger partial charge is 0.264 e. The van der Waals surface area contributed by atoms with Crippen LogP contribution >= 0.6 is 11.3 Å². The van der Waals surface area contributed by atoms with E-state index in [0.29, 0.717) is 11.4 Å². The van der Waals surface area contributed by atoms with Crippen LogP contribution in [0.5, 0.6) is 5.75 Å². The summed E-state index contributed by atoms with van der Waals surface area (Å²) in [5.74, 6) is 0.347. The van der Waals surface area contributed by atoms with E-state index in [1.165, 1.54) is 11.3 Å². The summed E-state index contributed by atoms with van der Waals surface area (Å²) < 4.78 is 7.11. The molecular weight excluding hydrogens is 460 g/mol. The third-order valence-corrected chi connectivity index (χ3v) is 6.52. The van der Waals surface area contributed by atoms with Crippen molar-refractivity contribution in [2.24, 2.45) is 0 Å². The number of rotatable bonds is 7. The van der Waals surface area contributed by atoms with Crippen LogP contribution in [0.15, 0.2) is 60.7 Å². The first-order valence-corrected chi connectivity index (χ1v) is 12.2. The fourth-order valence-corrected chi connectivity index (χ4v) is 4.99. The van der Waals surface area contributed by atoms with Gasteiger partial charge in [0.15, 0.2) is 0 Å². The van der Waals surface area contributed by atoms with Crippen molar-refractivity contribution in [2.45, 2.75) is 39.8 Å². The Labute approximate surface area is 209 Å². The van der Waals surface area contributed by atoms with Gasteiger partial charge in [-0.1, -0.05) is 30.3 Å². The quantitative estimate of drug-likeness (QED) is 0.397. The molecule has 4 rings (SSSR count). The summed E-state index contributed by atoms with van der Waals surface area (Å²) in [6.07, 6.45) is 0. The van der Waals surface area contributed by atoms with Gasteiger partial charge in [-0.15, -0.1) is 11.3 Å². The predicted molar refractivity (Wildman–Crippen MR) is 139 cm³/mol. The van der Waals surface area contributed by atoms with E-state index in [1.54, 1.807) is 12.0 Å². The lowest BCUT2D eigenvalue weighted by Crippen LogP contribution is -2.47. The number of methoxy groups -OCH3 is 1. The molecule has 2 aromatic heterocycles. The molecule has 8 heteroatoms. The zero-order chi connectivity index (χ0) is 25.2. The number of hydrogen-bond donors (Lipinski definition) is 1. The highest BCUT2D eigenvalue weighted by Crippen LogP contribution is 2.31. The Kier molecular flexibility index (Phi) is 6.93. The Morgan fingerprint density at radius 2 is 1.77 bits per heavy atom. The summed E-state index contributed by atoms with van der Waals surface area (Å²) in [5.41, 5.74) is 2.31. The maximum absolute atomic E-state index is 13.7. The highest BCUT2D eigenvalue weighted by Gasteiger charge is 2.25. The van der Waals surface area contributed by atoms with Crippen molar-refractivity contribution in [2.75, 3.05) is 13.7 Å². The summed E-state index contributed by atoms with van der Waals surface area (Å²) in [7, 11) is 1.61. The number of aryl methyl sites for hydroxylation is 1. The van der Waals surface area contributed by atoms with Gasteiger partial charge in [0, 0.05) is 17.5 Å². The van der Waals surface area contributed by atoms with Crippen LogP contribution in [0.4, 0.5) is 0 Å². The van der Waals surface area contributed by atoms with Crippen molar-refractivity contribution < 1.29 is 14.3 Å². The minimum atomic E-state index is -0.389. The molecule has 35 heavy (non-hydrogen) atoms. The summed E-state index contributed by atoms with van der Waals surface area (Å²) in [6, 6.07) is 19.2. The van der Waals surface area contributed by atoms with Crippen molar-refractivity contribution in [1.29, 1.82) is 0 Å². The van der Waals surface area contributed by atoms with E-state index in [4.69, 9.17) is 4.74 Å². The molecule has 2 aromatic carbocycles. The SMILES string of the molecule is COc1ccc(CN(CC(=O)NC(C)(C)C)C(=O)c2cc3c(C)nn(-c4ccccc4)c3s2)cc1. The fraction of sp³-hybridized carbons (Fsp3) is 0.296. The lowest BCUT2D eigenvalue weighted by atomic mass is 10.1. The van der Waals surface area contributed by atoms with Gasteiger partial charge in [-0.2, -0.15) is 5.10 Å². The average Bonchev–Trinajstić information content (AvgIpc) is 3.38. The molecule has 0 saturated heterocycles. The number of nitrogens with zero attached hydrogens (tertiary/aromatic N) is 3. The molecule has 0 unspecified atom stereocenters. The Morgan fingerprint density at radius 1 is 1.09 bits per heavy atom. The molecule has 2 amide bonds. The van der Waals surface area contributed by atoms with Crippen LogP contribution in [0, 0.1) is 6.92 Å². The van der Waals surface area contributed by atoms with Crippen molar-refractivity contribution in [3.05, 3.63) is 76.8 Å². The molecule has 0 aliphatic heterocycles. The van der Waals surface area contributed by atoms with Gasteiger partial charge in [-0.3, -0.25) is 9.59 Å². The normalized spacial score (nSPS) is 11.5. The number of amides is 2. The minimum Gasteiger partial charge on any atom is -0.497 e. The Morgan fingerprint density at radius 3 is 2.40 bits per heavy atom. The number of benzene rings is 2. The van der Waals surface area contributed by atoms with Crippen molar-refractivity contribution in [3.8, 4) is 11.4 Å². The van der Waals surface area contributed by atoms with Gasteiger partial charge >= 0.3 is 0 Å². The van der Waals surface area contributed by atoms with Gasteiger partial charge in [-0.05, 0) is 63.6 Å². The van der Waals surface area contributed by atoms with Crippen LogP contribution in [-0.2, 0) is 11.3 Å². The van der Waals surface area contributed by atoms with E-state index in [9.17, 15) is 9.59 Å². The highest BCUT2D eigenvalue weighted by molar-refractivity contribution is 7.20. The number of fused-ring (bicyclic) bond motifs is 1. The number of para-hydroxylation sites is 1. The topological polar surface area (TPSA) is 76.5 Å². The second kappa shape index (κ2) is 9.92. The van der Waals surface area contributed by atoms with Gasteiger partial charge in [0.1, 0.15) is 17.1 Å². The maximum Gasteiger partial charge on any atom is 0.264 e. The molecule has 0 saturated carbocycles. The van der Waals surface area contributed by atoms with Gasteiger partial charge in [0.05, 0.1) is 23.4 Å². The van der Waals surface area contributed by atoms with E-state index < -0.39 is 0 Å². The first-order valence-electron chi connectivity index (χ1n) is 11.4. The lowest BCUT2D eigenvalue weighted by Gasteiger charge is -2.26. The minimum absolute atomic E-state index is 0.0415. The molecule has 0 bridgehead atoms. The maximum atomic E-state index is 13.7. The van der Waals surface area contributed by atoms with E-state index in [0.717, 1.165) is 32.9 Å². The predicted octanol–water partition coefficient (Wildman–Crippen LogP) is 4.96. The average molecular weight is 491 g/mol. The second-order valence-corrected chi connectivity index (χ2v) is 10.5. The number of thiophene rings is 1. The summed E-state index contributed by atoms with van der Waals surface area (Å²) in [5, 5.41) is 8.56. The van der Waals surface area contributed by atoms with E-state index in [-0.39, 0.29) is 23.9 Å². The molecule has 0 fully saturated rings. The van der Waals surface area contributed by atoms with Crippen LogP contribution in [0.3, 0.4) is 0 Å². The van der Waals surface area contributed by atoms with Crippen LogP contribution in [-0.4, -0.2) is 45.7 Å². The molecule has 4 aromatic rings. The van der Waals surface area contributed by atoms with E-state index in [2.05, 4.69) is 10.4 Å². The molecule has 0 spiro atoms. The molecule has 182 valence electrons. The zero-order valence-corrected chi connectivity index (χ0v) is 21.5. The van der Waals surface area contributed by atoms with Crippen molar-refractivity contribution in [3.63, 3.8) is 0 Å². The third kappa shape index (κ3) is 5.71. The molecule has 2 heterocycles. The van der Waals surface area contributed by atoms with E-state index in [1.807, 2.05) is 93.0 Å². The van der Waals surface area contributed by atoms with Gasteiger partial charge < -0.3 is 15.0 Å². The molecule has 0 radical (unpaired) electrons. The number of nitrogens with one attached hydrogen (secondary N) is 1. The second-order valence-electron chi connectivity index (χ2n) is 9.47. The standard InChI is InChI=1S/C27H30N4O3S/c1-18-22-15-23(35-26(22)31(29-18)20-9-7-6-8-10-20)25(33)30(17-24(32)28-27(2,3)4)16-19-11-13-21(34-5)14-12-19/h6-15H,16-17H2,1-5H3,(H,28,32). The molecule has 0 aliphatic carbocycles. The van der Waals surface area contributed by atoms with Gasteiger partial charge in [0.2, 0.25) is 5.91 Å². The third-order valence-electron chi connectivity index (χ3n) is 5.42. The van der Waals surface area contributed by atoms with Crippen LogP contribution in [0.2, 0.25) is 0 Å². The van der Waals surface area contributed by atoms with Crippen molar-refractivity contribution >= 4 is 33.4 Å². The first-order chi connectivity index (χ1) is 16.6. The fourth-order valence-electron chi connectivity index (χ4n) is 3.83. The molecule has 7 nitrogen and oxygen atoms in total. The Bertz CT molecular complexity index is 1330. The number of carbonyl (C=O) groups is 2. The van der Waals surface area contributed by atoms with Gasteiger partial charge in [-0.25, -0.2) is 4.68 Å². The van der Waals surface area contributed by atoms with Crippen molar-refractivity contribution in [1.82, 2.24) is 20.0 Å². The monoisotopic (exact) mass is 490 g/mol. The van der Waals surface area contributed by atoms with Gasteiger partial charge in [0.25, 0.3) is 5.91 Å². The summed E-state index contributed by atoms with van der Waals surface area (Å²) in [4.78, 5) is 29.5. The zero-order valence-electron chi connectivity index (χ0n) is 20.7. The molecule has 0 atom stereocenters. The lowest BCUT2D eigenvalue weighted by molar-refractivity contribution is -0.123. The van der Waals surface area contributed by atoms with Crippen LogP contribution < -0.4 is 10.1 Å². The van der Waals surface area contributed by atoms with Crippen LogP contribution in [0.1, 0.15) is 41.7 Å². The Hall–Kier alpha value is -3.65. The van der Waals surface area contributed by atoms with Crippen LogP contribution in [0.25, 0.3) is 15.9 Å². The van der Waals surface area contributed by atoms with E-state index >= 15 is 0 Å². The molecule has 1 N–H and O–H groups in total. The first kappa shape index (κ1) is 24.5. The number of carbonyl (C=O) groups excluding carboxylic acids is 2. The summed E-state index contributed by atoms with van der Waals surface area (Å²) >= 11 is 1.39. The molecular formula is C27H30N4O3S. The molecule has 0 aliphatic rings. The number of aromatic nitrogens is 2. The largest absolute Gasteiger partial charge is 0.497 e. The number of hydrogen-bond acceptors (Lipinski definition) is 5. The number of ether oxygens (including phenoxy) is 1.